The van der Waals surface area contributed by atoms with Gasteiger partial charge in [-0.15, -0.1) is 0 Å². The molecule has 0 radical (unpaired) electrons. The Kier molecular flexibility index (Phi) is 3.32. The number of piperidine rings is 1. The Hall–Kier alpha value is -1.18. The van der Waals surface area contributed by atoms with Gasteiger partial charge in [0.1, 0.15) is 0 Å². The summed E-state index contributed by atoms with van der Waals surface area (Å²) in [7, 11) is 0. The molecule has 2 rings (SSSR count). The summed E-state index contributed by atoms with van der Waals surface area (Å²) in [6, 6.07) is 6.34. The normalized spacial score (nSPS) is 19.4. The lowest BCUT2D eigenvalue weighted by molar-refractivity contribution is 0.238. The van der Waals surface area contributed by atoms with Gasteiger partial charge in [-0.05, 0) is 36.8 Å². The van der Waals surface area contributed by atoms with E-state index in [9.17, 15) is 0 Å². The van der Waals surface area contributed by atoms with Crippen LogP contribution in [0.1, 0.15) is 38.7 Å². The molecule has 1 aliphatic heterocycles. The van der Waals surface area contributed by atoms with Crippen LogP contribution >= 0.6 is 0 Å². The van der Waals surface area contributed by atoms with Crippen LogP contribution < -0.4 is 10.6 Å². The van der Waals surface area contributed by atoms with Crippen molar-refractivity contribution in [2.24, 2.45) is 5.41 Å². The van der Waals surface area contributed by atoms with Gasteiger partial charge in [0, 0.05) is 13.1 Å². The highest BCUT2D eigenvalue weighted by Crippen LogP contribution is 2.37. The zero-order valence-electron chi connectivity index (χ0n) is 11.3. The minimum absolute atomic E-state index is 0.537. The van der Waals surface area contributed by atoms with Crippen molar-refractivity contribution in [3.63, 3.8) is 0 Å². The topological polar surface area (TPSA) is 29.3 Å². The first-order chi connectivity index (χ1) is 8.06. The molecule has 0 bridgehead atoms. The number of nitrogens with two attached hydrogens (primary N) is 1. The molecule has 1 aromatic carbocycles. The van der Waals surface area contributed by atoms with Crippen LogP contribution in [0.2, 0.25) is 0 Å². The first-order valence-electron chi connectivity index (χ1n) is 6.66. The molecule has 0 aliphatic carbocycles. The number of hydrogen-bond acceptors (Lipinski definition) is 2. The van der Waals surface area contributed by atoms with Crippen LogP contribution in [0.25, 0.3) is 0 Å². The van der Waals surface area contributed by atoms with Gasteiger partial charge >= 0.3 is 0 Å². The molecule has 0 spiro atoms. The summed E-state index contributed by atoms with van der Waals surface area (Å²) in [4.78, 5) is 2.44. The highest BCUT2D eigenvalue weighted by Gasteiger charge is 2.28. The number of nitrogens with zero attached hydrogens (tertiary/aromatic N) is 1. The summed E-state index contributed by atoms with van der Waals surface area (Å²) < 4.78 is 0. The van der Waals surface area contributed by atoms with Crippen molar-refractivity contribution < 1.29 is 0 Å². The van der Waals surface area contributed by atoms with Crippen molar-refractivity contribution in [3.05, 3.63) is 23.8 Å². The van der Waals surface area contributed by atoms with Gasteiger partial charge in [-0.3, -0.25) is 0 Å². The zero-order chi connectivity index (χ0) is 12.5. The lowest BCUT2D eigenvalue weighted by atomic mass is 9.78. The van der Waals surface area contributed by atoms with E-state index in [2.05, 4.69) is 43.9 Å². The van der Waals surface area contributed by atoms with Crippen molar-refractivity contribution in [3.8, 4) is 0 Å². The summed E-state index contributed by atoms with van der Waals surface area (Å²) in [6.45, 7) is 9.07. The number of aryl methyl sites for hydroxylation is 1. The van der Waals surface area contributed by atoms with Gasteiger partial charge in [0.25, 0.3) is 0 Å². The zero-order valence-corrected chi connectivity index (χ0v) is 11.3. The molecule has 0 saturated carbocycles. The highest BCUT2D eigenvalue weighted by atomic mass is 15.1. The third-order valence-electron chi connectivity index (χ3n) is 4.47. The molecule has 2 N–H and O–H groups in total. The smallest absolute Gasteiger partial charge is 0.0602 e. The fraction of sp³-hybridized carbons (Fsp3) is 0.600. The average Bonchev–Trinajstić information content (AvgIpc) is 2.34. The number of nitrogen functional groups attached to an aromatic ring is 1. The van der Waals surface area contributed by atoms with Crippen LogP contribution in [0.3, 0.4) is 0 Å². The Morgan fingerprint density at radius 2 is 1.94 bits per heavy atom. The molecule has 2 heteroatoms. The molecule has 1 heterocycles. The van der Waals surface area contributed by atoms with E-state index in [1.165, 1.54) is 30.5 Å². The Bertz CT molecular complexity index is 390. The van der Waals surface area contributed by atoms with Crippen LogP contribution in [-0.4, -0.2) is 13.1 Å². The Morgan fingerprint density at radius 1 is 1.29 bits per heavy atom. The molecule has 0 atom stereocenters. The molecule has 0 aromatic heterocycles. The van der Waals surface area contributed by atoms with Crippen LogP contribution in [0.5, 0.6) is 0 Å². The van der Waals surface area contributed by atoms with E-state index in [1.54, 1.807) is 0 Å². The summed E-state index contributed by atoms with van der Waals surface area (Å²) in [5.41, 5.74) is 10.1. The van der Waals surface area contributed by atoms with E-state index in [-0.39, 0.29) is 0 Å². The molecule has 1 aromatic rings. The van der Waals surface area contributed by atoms with E-state index in [0.717, 1.165) is 18.8 Å². The second kappa shape index (κ2) is 4.59. The van der Waals surface area contributed by atoms with Crippen molar-refractivity contribution in [1.29, 1.82) is 0 Å². The maximum Gasteiger partial charge on any atom is 0.0602 e. The lowest BCUT2D eigenvalue weighted by Gasteiger charge is -2.40. The molecule has 1 aliphatic rings. The lowest BCUT2D eigenvalue weighted by Crippen LogP contribution is -2.38. The summed E-state index contributed by atoms with van der Waals surface area (Å²) in [5.74, 6) is 0. The van der Waals surface area contributed by atoms with Crippen molar-refractivity contribution >= 4 is 11.4 Å². The second-order valence-electron chi connectivity index (χ2n) is 5.66. The third kappa shape index (κ3) is 2.41. The number of rotatable bonds is 2. The van der Waals surface area contributed by atoms with Gasteiger partial charge in [-0.25, -0.2) is 0 Å². The maximum atomic E-state index is 6.17. The molecule has 2 nitrogen and oxygen atoms in total. The van der Waals surface area contributed by atoms with Crippen LogP contribution in [0, 0.1) is 12.3 Å². The van der Waals surface area contributed by atoms with Crippen molar-refractivity contribution in [2.75, 3.05) is 23.7 Å². The maximum absolute atomic E-state index is 6.17. The minimum Gasteiger partial charge on any atom is -0.397 e. The second-order valence-corrected chi connectivity index (χ2v) is 5.66. The van der Waals surface area contributed by atoms with Gasteiger partial charge in [0.2, 0.25) is 0 Å². The largest absolute Gasteiger partial charge is 0.397 e. The molecule has 17 heavy (non-hydrogen) atoms. The SMILES string of the molecule is CCC1(C)CCN(c2cccc(C)c2N)CC1. The molecule has 1 fully saturated rings. The van der Waals surface area contributed by atoms with Crippen LogP contribution in [-0.2, 0) is 0 Å². The fourth-order valence-corrected chi connectivity index (χ4v) is 2.58. The Labute approximate surface area is 105 Å². The van der Waals surface area contributed by atoms with E-state index in [1.807, 2.05) is 0 Å². The fourth-order valence-electron chi connectivity index (χ4n) is 2.58. The van der Waals surface area contributed by atoms with E-state index in [0.29, 0.717) is 5.41 Å². The van der Waals surface area contributed by atoms with Gasteiger partial charge in [0.15, 0.2) is 0 Å². The first-order valence-corrected chi connectivity index (χ1v) is 6.66. The quantitative estimate of drug-likeness (QED) is 0.789. The molecule has 0 unspecified atom stereocenters. The van der Waals surface area contributed by atoms with Crippen molar-refractivity contribution in [2.45, 2.75) is 40.0 Å². The van der Waals surface area contributed by atoms with Crippen molar-refractivity contribution in [1.82, 2.24) is 0 Å². The molecule has 0 amide bonds. The third-order valence-corrected chi connectivity index (χ3v) is 4.47. The summed E-state index contributed by atoms with van der Waals surface area (Å²) in [6.07, 6.45) is 3.83. The average molecular weight is 232 g/mol. The van der Waals surface area contributed by atoms with E-state index >= 15 is 0 Å². The number of hydrogen-bond donors (Lipinski definition) is 1. The minimum atomic E-state index is 0.537. The van der Waals surface area contributed by atoms with Gasteiger partial charge in [-0.2, -0.15) is 0 Å². The standard InChI is InChI=1S/C15H24N2/c1-4-15(3)8-10-17(11-9-15)13-7-5-6-12(2)14(13)16/h5-7H,4,8-11,16H2,1-3H3. The van der Waals surface area contributed by atoms with Gasteiger partial charge < -0.3 is 10.6 Å². The van der Waals surface area contributed by atoms with Gasteiger partial charge in [0.05, 0.1) is 11.4 Å². The van der Waals surface area contributed by atoms with Crippen LogP contribution in [0.15, 0.2) is 18.2 Å². The van der Waals surface area contributed by atoms with Gasteiger partial charge in [-0.1, -0.05) is 32.4 Å². The summed E-state index contributed by atoms with van der Waals surface area (Å²) in [5, 5.41) is 0. The number of anilines is 2. The monoisotopic (exact) mass is 232 g/mol. The Balaban J connectivity index is 2.13. The molecular formula is C15H24N2. The predicted molar refractivity (Wildman–Crippen MR) is 75.4 cm³/mol. The Morgan fingerprint density at radius 3 is 2.53 bits per heavy atom. The highest BCUT2D eigenvalue weighted by molar-refractivity contribution is 5.71. The first kappa shape index (κ1) is 12.3. The predicted octanol–water partition coefficient (Wildman–Crippen LogP) is 3.59. The van der Waals surface area contributed by atoms with E-state index < -0.39 is 0 Å². The summed E-state index contributed by atoms with van der Waals surface area (Å²) >= 11 is 0. The van der Waals surface area contributed by atoms with Crippen LogP contribution in [0.4, 0.5) is 11.4 Å². The molecule has 1 saturated heterocycles. The molecular weight excluding hydrogens is 208 g/mol. The number of para-hydroxylation sites is 1. The van der Waals surface area contributed by atoms with E-state index in [4.69, 9.17) is 5.73 Å². The molecule has 94 valence electrons. The number of benzene rings is 1.